The zero-order chi connectivity index (χ0) is 20.3. The van der Waals surface area contributed by atoms with Gasteiger partial charge in [0.05, 0.1) is 47.8 Å². The normalized spacial score (nSPS) is 12.0. The van der Waals surface area contributed by atoms with Crippen LogP contribution < -0.4 is 5.32 Å². The Hall–Kier alpha value is -3.49. The fourth-order valence-electron chi connectivity index (χ4n) is 2.85. The molecule has 0 spiro atoms. The van der Waals surface area contributed by atoms with E-state index in [4.69, 9.17) is 0 Å². The Morgan fingerprint density at radius 3 is 2.75 bits per heavy atom. The Morgan fingerprint density at radius 2 is 2.07 bits per heavy atom. The number of benzene rings is 1. The fraction of sp³-hybridized carbons (Fsp3) is 0.316. The van der Waals surface area contributed by atoms with Gasteiger partial charge in [0.1, 0.15) is 0 Å². The largest absolute Gasteiger partial charge is 0.390 e. The minimum Gasteiger partial charge on any atom is -0.358 e. The van der Waals surface area contributed by atoms with E-state index < -0.39 is 10.8 Å². The second-order valence-electron chi connectivity index (χ2n) is 6.83. The first kappa shape index (κ1) is 19.3. The topological polar surface area (TPSA) is 108 Å². The lowest BCUT2D eigenvalue weighted by Gasteiger charge is -2.10. The molecule has 1 amide bonds. The Morgan fingerprint density at radius 1 is 1.32 bits per heavy atom. The molecule has 2 heterocycles. The molecule has 9 heteroatoms. The minimum atomic E-state index is -0.545. The minimum absolute atomic E-state index is 0.201. The number of nitrogens with zero attached hydrogens (tertiary/aromatic N) is 5. The molecule has 1 N–H and O–H groups in total. The summed E-state index contributed by atoms with van der Waals surface area (Å²) in [5.41, 5.74) is 3.58. The molecule has 28 heavy (non-hydrogen) atoms. The van der Waals surface area contributed by atoms with E-state index in [0.29, 0.717) is 17.9 Å². The number of rotatable bonds is 7. The van der Waals surface area contributed by atoms with Gasteiger partial charge in [-0.3, -0.25) is 9.48 Å². The monoisotopic (exact) mass is 382 g/mol. The standard InChI is InChI=1S/C19H22N6O3/c1-13-6-4-5-7-16(13)11-23-12-17(9-20-23)21-19(26)14(2)10-24-15(3)8-18(22-24)25(27)28/h4-9,12,14H,10-11H2,1-3H3,(H,21,26). The lowest BCUT2D eigenvalue weighted by Crippen LogP contribution is -2.25. The highest BCUT2D eigenvalue weighted by Crippen LogP contribution is 2.15. The summed E-state index contributed by atoms with van der Waals surface area (Å²) < 4.78 is 3.24. The number of aromatic nitrogens is 4. The summed E-state index contributed by atoms with van der Waals surface area (Å²) in [6.07, 6.45) is 3.38. The molecule has 2 aromatic heterocycles. The van der Waals surface area contributed by atoms with Gasteiger partial charge in [-0.2, -0.15) is 9.78 Å². The highest BCUT2D eigenvalue weighted by molar-refractivity contribution is 5.91. The predicted molar refractivity (Wildman–Crippen MR) is 104 cm³/mol. The maximum Gasteiger partial charge on any atom is 0.390 e. The number of carbonyl (C=O) groups excluding carboxylic acids is 1. The van der Waals surface area contributed by atoms with Crippen molar-refractivity contribution in [1.29, 1.82) is 0 Å². The van der Waals surface area contributed by atoms with Crippen LogP contribution in [0.3, 0.4) is 0 Å². The molecule has 0 aliphatic carbocycles. The molecule has 0 aliphatic heterocycles. The molecule has 0 aliphatic rings. The zero-order valence-corrected chi connectivity index (χ0v) is 16.0. The van der Waals surface area contributed by atoms with Crippen molar-refractivity contribution >= 4 is 17.4 Å². The molecule has 0 radical (unpaired) electrons. The second kappa shape index (κ2) is 8.03. The molecule has 3 aromatic rings. The number of aryl methyl sites for hydroxylation is 2. The number of nitro groups is 1. The Labute approximate surface area is 162 Å². The molecule has 1 aromatic carbocycles. The van der Waals surface area contributed by atoms with E-state index in [0.717, 1.165) is 5.56 Å². The average molecular weight is 382 g/mol. The predicted octanol–water partition coefficient (Wildman–Crippen LogP) is 2.93. The van der Waals surface area contributed by atoms with Crippen molar-refractivity contribution in [2.24, 2.45) is 5.92 Å². The molecular formula is C19H22N6O3. The summed E-state index contributed by atoms with van der Waals surface area (Å²) in [5, 5.41) is 21.9. The van der Waals surface area contributed by atoms with Gasteiger partial charge in [0.25, 0.3) is 0 Å². The van der Waals surface area contributed by atoms with Crippen LogP contribution in [0.2, 0.25) is 0 Å². The average Bonchev–Trinajstić information content (AvgIpc) is 3.24. The van der Waals surface area contributed by atoms with Gasteiger partial charge < -0.3 is 15.4 Å². The summed E-state index contributed by atoms with van der Waals surface area (Å²) in [6.45, 7) is 6.39. The first-order valence-electron chi connectivity index (χ1n) is 8.90. The van der Waals surface area contributed by atoms with Crippen LogP contribution in [-0.4, -0.2) is 30.4 Å². The van der Waals surface area contributed by atoms with Gasteiger partial charge in [-0.15, -0.1) is 0 Å². The van der Waals surface area contributed by atoms with Gasteiger partial charge in [0.2, 0.25) is 5.91 Å². The lowest BCUT2D eigenvalue weighted by molar-refractivity contribution is -0.389. The number of amides is 1. The van der Waals surface area contributed by atoms with Crippen LogP contribution in [0.15, 0.2) is 42.7 Å². The van der Waals surface area contributed by atoms with Crippen LogP contribution in [-0.2, 0) is 17.9 Å². The number of nitrogens with one attached hydrogen (secondary N) is 1. The van der Waals surface area contributed by atoms with E-state index in [2.05, 4.69) is 15.5 Å². The molecule has 9 nitrogen and oxygen atoms in total. The smallest absolute Gasteiger partial charge is 0.358 e. The van der Waals surface area contributed by atoms with Gasteiger partial charge in [-0.1, -0.05) is 31.2 Å². The van der Waals surface area contributed by atoms with E-state index in [9.17, 15) is 14.9 Å². The quantitative estimate of drug-likeness (QED) is 0.499. The van der Waals surface area contributed by atoms with Gasteiger partial charge in [-0.05, 0) is 29.9 Å². The van der Waals surface area contributed by atoms with Crippen LogP contribution in [0.1, 0.15) is 23.7 Å². The lowest BCUT2D eigenvalue weighted by atomic mass is 10.1. The molecule has 1 unspecified atom stereocenters. The highest BCUT2D eigenvalue weighted by Gasteiger charge is 2.21. The fourth-order valence-corrected chi connectivity index (χ4v) is 2.85. The number of anilines is 1. The maximum atomic E-state index is 12.5. The van der Waals surface area contributed by atoms with Crippen molar-refractivity contribution < 1.29 is 9.72 Å². The summed E-state index contributed by atoms with van der Waals surface area (Å²) >= 11 is 0. The highest BCUT2D eigenvalue weighted by atomic mass is 16.6. The number of carbonyl (C=O) groups is 1. The summed E-state index contributed by atoms with van der Waals surface area (Å²) in [7, 11) is 0. The van der Waals surface area contributed by atoms with E-state index in [1.165, 1.54) is 16.3 Å². The molecular weight excluding hydrogens is 360 g/mol. The molecule has 0 saturated heterocycles. The van der Waals surface area contributed by atoms with Gasteiger partial charge >= 0.3 is 5.82 Å². The van der Waals surface area contributed by atoms with Crippen LogP contribution in [0.5, 0.6) is 0 Å². The third-order valence-electron chi connectivity index (χ3n) is 4.54. The molecule has 0 bridgehead atoms. The number of hydrogen-bond donors (Lipinski definition) is 1. The van der Waals surface area contributed by atoms with Gasteiger partial charge in [-0.25, -0.2) is 0 Å². The van der Waals surface area contributed by atoms with Crippen molar-refractivity contribution in [3.8, 4) is 0 Å². The van der Waals surface area contributed by atoms with Crippen molar-refractivity contribution in [2.45, 2.75) is 33.9 Å². The first-order chi connectivity index (χ1) is 13.3. The Kier molecular flexibility index (Phi) is 5.53. The molecule has 0 saturated carbocycles. The van der Waals surface area contributed by atoms with E-state index >= 15 is 0 Å². The second-order valence-corrected chi connectivity index (χ2v) is 6.83. The van der Waals surface area contributed by atoms with Crippen LogP contribution in [0.4, 0.5) is 11.5 Å². The van der Waals surface area contributed by atoms with E-state index in [1.807, 2.05) is 31.2 Å². The summed E-state index contributed by atoms with van der Waals surface area (Å²) in [6, 6.07) is 9.46. The van der Waals surface area contributed by atoms with Gasteiger partial charge in [0.15, 0.2) is 0 Å². The van der Waals surface area contributed by atoms with Crippen molar-refractivity contribution in [1.82, 2.24) is 19.6 Å². The van der Waals surface area contributed by atoms with Crippen molar-refractivity contribution in [2.75, 3.05) is 5.32 Å². The zero-order valence-electron chi connectivity index (χ0n) is 16.0. The summed E-state index contributed by atoms with van der Waals surface area (Å²) in [4.78, 5) is 22.7. The first-order valence-corrected chi connectivity index (χ1v) is 8.90. The molecule has 1 atom stereocenters. The molecule has 146 valence electrons. The van der Waals surface area contributed by atoms with E-state index in [-0.39, 0.29) is 18.3 Å². The van der Waals surface area contributed by atoms with Crippen LogP contribution >= 0.6 is 0 Å². The Bertz CT molecular complexity index is 1010. The summed E-state index contributed by atoms with van der Waals surface area (Å²) in [5.74, 6) is -0.839. The van der Waals surface area contributed by atoms with Crippen LogP contribution in [0.25, 0.3) is 0 Å². The maximum absolute atomic E-state index is 12.5. The SMILES string of the molecule is Cc1ccccc1Cn1cc(NC(=O)C(C)Cn2nc([N+](=O)[O-])cc2C)cn1. The Balaban J connectivity index is 1.61. The van der Waals surface area contributed by atoms with Crippen molar-refractivity contribution in [3.05, 3.63) is 69.7 Å². The van der Waals surface area contributed by atoms with Crippen LogP contribution in [0, 0.1) is 29.9 Å². The third kappa shape index (κ3) is 4.43. The molecule has 0 fully saturated rings. The van der Waals surface area contributed by atoms with E-state index in [1.54, 1.807) is 30.9 Å². The van der Waals surface area contributed by atoms with Gasteiger partial charge in [0, 0.05) is 6.20 Å². The van der Waals surface area contributed by atoms with Crippen molar-refractivity contribution in [3.63, 3.8) is 0 Å². The third-order valence-corrected chi connectivity index (χ3v) is 4.54. The molecule has 3 rings (SSSR count). The number of hydrogen-bond acceptors (Lipinski definition) is 5.